The Labute approximate surface area is 110 Å². The normalized spacial score (nSPS) is 11.9. The molecule has 0 amide bonds. The lowest BCUT2D eigenvalue weighted by Crippen LogP contribution is -2.24. The number of sulfone groups is 1. The number of hydrogen-bond donors (Lipinski definition) is 2. The molecule has 0 saturated heterocycles. The van der Waals surface area contributed by atoms with Crippen LogP contribution in [-0.4, -0.2) is 26.8 Å². The number of nitrogens with one attached hydrogen (secondary N) is 1. The molecule has 1 aromatic carbocycles. The molecule has 0 radical (unpaired) electrons. The van der Waals surface area contributed by atoms with E-state index in [0.717, 1.165) is 13.0 Å². The zero-order chi connectivity index (χ0) is 13.6. The van der Waals surface area contributed by atoms with Gasteiger partial charge in [-0.2, -0.15) is 0 Å². The van der Waals surface area contributed by atoms with Gasteiger partial charge in [-0.15, -0.1) is 0 Å². The summed E-state index contributed by atoms with van der Waals surface area (Å²) in [6.45, 7) is 5.01. The fraction of sp³-hybridized carbons (Fsp3) is 0.538. The Hall–Kier alpha value is -1.07. The van der Waals surface area contributed by atoms with Crippen molar-refractivity contribution in [3.63, 3.8) is 0 Å². The van der Waals surface area contributed by atoms with Gasteiger partial charge in [-0.3, -0.25) is 0 Å². The van der Waals surface area contributed by atoms with Gasteiger partial charge in [0.15, 0.2) is 9.84 Å². The number of nitrogen functional groups attached to an aromatic ring is 1. The molecular formula is C13H22N2O2S. The molecule has 1 rings (SSSR count). The van der Waals surface area contributed by atoms with Crippen LogP contribution in [-0.2, 0) is 9.84 Å². The van der Waals surface area contributed by atoms with Gasteiger partial charge >= 0.3 is 0 Å². The molecule has 0 aliphatic heterocycles. The molecule has 0 saturated carbocycles. The van der Waals surface area contributed by atoms with E-state index < -0.39 is 9.84 Å². The first-order valence-corrected chi connectivity index (χ1v) is 7.89. The Morgan fingerprint density at radius 2 is 1.78 bits per heavy atom. The molecular weight excluding hydrogens is 248 g/mol. The highest BCUT2D eigenvalue weighted by Crippen LogP contribution is 2.14. The third-order valence-electron chi connectivity index (χ3n) is 2.63. The molecule has 3 N–H and O–H groups in total. The van der Waals surface area contributed by atoms with E-state index in [0.29, 0.717) is 23.0 Å². The van der Waals surface area contributed by atoms with Crippen LogP contribution in [0.4, 0.5) is 5.69 Å². The average Bonchev–Trinajstić information content (AvgIpc) is 2.28. The van der Waals surface area contributed by atoms with Crippen molar-refractivity contribution in [1.29, 1.82) is 0 Å². The van der Waals surface area contributed by atoms with E-state index >= 15 is 0 Å². The molecule has 0 spiro atoms. The summed E-state index contributed by atoms with van der Waals surface area (Å²) in [5.74, 6) is 0.191. The van der Waals surface area contributed by atoms with Crippen molar-refractivity contribution in [3.8, 4) is 0 Å². The molecule has 18 heavy (non-hydrogen) atoms. The van der Waals surface area contributed by atoms with Crippen molar-refractivity contribution in [2.45, 2.75) is 37.6 Å². The molecule has 0 unspecified atom stereocenters. The first-order valence-electron chi connectivity index (χ1n) is 6.23. The smallest absolute Gasteiger partial charge is 0.178 e. The second-order valence-electron chi connectivity index (χ2n) is 4.70. The summed E-state index contributed by atoms with van der Waals surface area (Å²) in [4.78, 5) is 0.355. The maximum absolute atomic E-state index is 12.0. The van der Waals surface area contributed by atoms with Gasteiger partial charge in [0, 0.05) is 11.7 Å². The van der Waals surface area contributed by atoms with Crippen molar-refractivity contribution in [3.05, 3.63) is 24.3 Å². The third kappa shape index (κ3) is 5.06. The van der Waals surface area contributed by atoms with E-state index in [-0.39, 0.29) is 5.75 Å². The van der Waals surface area contributed by atoms with Gasteiger partial charge in [0.05, 0.1) is 10.6 Å². The average molecular weight is 270 g/mol. The highest BCUT2D eigenvalue weighted by Gasteiger charge is 2.13. The first kappa shape index (κ1) is 15.0. The number of unbranched alkanes of at least 4 members (excludes halogenated alkanes) is 1. The van der Waals surface area contributed by atoms with Crippen LogP contribution < -0.4 is 11.1 Å². The Kier molecular flexibility index (Phi) is 5.62. The minimum absolute atomic E-state index is 0.191. The molecule has 1 aromatic rings. The van der Waals surface area contributed by atoms with E-state index in [2.05, 4.69) is 19.2 Å². The highest BCUT2D eigenvalue weighted by molar-refractivity contribution is 7.91. The van der Waals surface area contributed by atoms with Crippen LogP contribution in [0.25, 0.3) is 0 Å². The first-order chi connectivity index (χ1) is 8.42. The van der Waals surface area contributed by atoms with Crippen LogP contribution >= 0.6 is 0 Å². The zero-order valence-electron chi connectivity index (χ0n) is 11.0. The molecule has 0 fully saturated rings. The van der Waals surface area contributed by atoms with Crippen LogP contribution in [0.3, 0.4) is 0 Å². The van der Waals surface area contributed by atoms with Gasteiger partial charge in [0.25, 0.3) is 0 Å². The maximum atomic E-state index is 12.0. The molecule has 4 nitrogen and oxygen atoms in total. The van der Waals surface area contributed by atoms with Crippen LogP contribution in [0.5, 0.6) is 0 Å². The van der Waals surface area contributed by atoms with Gasteiger partial charge in [0.1, 0.15) is 0 Å². The molecule has 0 heterocycles. The second kappa shape index (κ2) is 6.75. The lowest BCUT2D eigenvalue weighted by Gasteiger charge is -2.08. The summed E-state index contributed by atoms with van der Waals surface area (Å²) in [7, 11) is -3.16. The van der Waals surface area contributed by atoms with Gasteiger partial charge < -0.3 is 11.1 Å². The molecule has 0 bridgehead atoms. The van der Waals surface area contributed by atoms with Gasteiger partial charge in [-0.25, -0.2) is 8.42 Å². The van der Waals surface area contributed by atoms with Crippen molar-refractivity contribution < 1.29 is 8.42 Å². The lowest BCUT2D eigenvalue weighted by atomic mass is 10.3. The van der Waals surface area contributed by atoms with Crippen molar-refractivity contribution in [2.24, 2.45) is 0 Å². The van der Waals surface area contributed by atoms with Crippen molar-refractivity contribution in [1.82, 2.24) is 5.32 Å². The fourth-order valence-electron chi connectivity index (χ4n) is 1.60. The summed E-state index contributed by atoms with van der Waals surface area (Å²) in [6.07, 6.45) is 1.54. The Balaban J connectivity index is 2.43. The van der Waals surface area contributed by atoms with E-state index in [1.54, 1.807) is 24.3 Å². The van der Waals surface area contributed by atoms with Crippen LogP contribution in [0.2, 0.25) is 0 Å². The van der Waals surface area contributed by atoms with E-state index in [1.807, 2.05) is 0 Å². The molecule has 0 atom stereocenters. The number of anilines is 1. The largest absolute Gasteiger partial charge is 0.399 e. The van der Waals surface area contributed by atoms with Gasteiger partial charge in [0.2, 0.25) is 0 Å². The van der Waals surface area contributed by atoms with Crippen LogP contribution in [0.1, 0.15) is 26.7 Å². The van der Waals surface area contributed by atoms with Crippen LogP contribution in [0.15, 0.2) is 29.2 Å². The number of rotatable bonds is 7. The monoisotopic (exact) mass is 270 g/mol. The summed E-state index contributed by atoms with van der Waals surface area (Å²) < 4.78 is 24.0. The maximum Gasteiger partial charge on any atom is 0.178 e. The Morgan fingerprint density at radius 1 is 1.17 bits per heavy atom. The molecule has 5 heteroatoms. The third-order valence-corrected chi connectivity index (χ3v) is 4.45. The topological polar surface area (TPSA) is 72.2 Å². The van der Waals surface area contributed by atoms with Crippen LogP contribution in [0, 0.1) is 0 Å². The molecule has 102 valence electrons. The van der Waals surface area contributed by atoms with E-state index in [4.69, 9.17) is 5.73 Å². The Bertz CT molecular complexity index is 452. The van der Waals surface area contributed by atoms with Crippen molar-refractivity contribution in [2.75, 3.05) is 18.0 Å². The molecule has 0 aromatic heterocycles. The number of benzene rings is 1. The quantitative estimate of drug-likeness (QED) is 0.585. The zero-order valence-corrected chi connectivity index (χ0v) is 11.8. The standard InChI is InChI=1S/C13H22N2O2S/c1-11(2)15-9-3-4-10-18(16,17)13-7-5-12(14)6-8-13/h5-8,11,15H,3-4,9-10,14H2,1-2H3. The summed E-state index contributed by atoms with van der Waals surface area (Å²) in [6, 6.07) is 6.81. The van der Waals surface area contributed by atoms with E-state index in [1.165, 1.54) is 0 Å². The van der Waals surface area contributed by atoms with Gasteiger partial charge in [-0.1, -0.05) is 13.8 Å². The summed E-state index contributed by atoms with van der Waals surface area (Å²) >= 11 is 0. The molecule has 0 aliphatic carbocycles. The van der Waals surface area contributed by atoms with Gasteiger partial charge in [-0.05, 0) is 43.7 Å². The predicted molar refractivity (Wildman–Crippen MR) is 75.3 cm³/mol. The minimum atomic E-state index is -3.16. The SMILES string of the molecule is CC(C)NCCCCS(=O)(=O)c1ccc(N)cc1. The lowest BCUT2D eigenvalue weighted by molar-refractivity contribution is 0.560. The number of nitrogens with two attached hydrogens (primary N) is 1. The summed E-state index contributed by atoms with van der Waals surface area (Å²) in [5.41, 5.74) is 6.11. The predicted octanol–water partition coefficient (Wildman–Crippen LogP) is 1.82. The van der Waals surface area contributed by atoms with Crippen molar-refractivity contribution >= 4 is 15.5 Å². The Morgan fingerprint density at radius 3 is 2.33 bits per heavy atom. The summed E-state index contributed by atoms with van der Waals surface area (Å²) in [5, 5.41) is 3.27. The second-order valence-corrected chi connectivity index (χ2v) is 6.81. The highest BCUT2D eigenvalue weighted by atomic mass is 32.2. The molecule has 0 aliphatic rings. The van der Waals surface area contributed by atoms with E-state index in [9.17, 15) is 8.42 Å². The number of hydrogen-bond acceptors (Lipinski definition) is 4. The fourth-order valence-corrected chi connectivity index (χ4v) is 2.97. The minimum Gasteiger partial charge on any atom is -0.399 e.